The zero-order valence-corrected chi connectivity index (χ0v) is 10.7. The number of carbonyl (C=O) groups excluding carboxylic acids is 1. The molecule has 0 aromatic rings. The summed E-state index contributed by atoms with van der Waals surface area (Å²) in [6.45, 7) is 3.06. The molecule has 0 spiro atoms. The van der Waals surface area contributed by atoms with Crippen LogP contribution in [0.2, 0.25) is 0 Å². The first kappa shape index (κ1) is 11.5. The molecule has 2 aliphatic heterocycles. The molecule has 96 valence electrons. The zero-order valence-electron chi connectivity index (χ0n) is 10.7. The number of nitrogens with two attached hydrogens (primary N) is 1. The molecule has 3 fully saturated rings. The van der Waals surface area contributed by atoms with Crippen LogP contribution >= 0.6 is 0 Å². The van der Waals surface area contributed by atoms with Crippen molar-refractivity contribution in [1.29, 1.82) is 0 Å². The fourth-order valence-corrected chi connectivity index (χ4v) is 3.50. The lowest BCUT2D eigenvalue weighted by Crippen LogP contribution is -2.57. The Morgan fingerprint density at radius 1 is 1.29 bits per heavy atom. The molecule has 2 saturated heterocycles. The smallest absolute Gasteiger partial charge is 0.242 e. The SMILES string of the molecule is CN1CCCC2CN(C(=O)C3(N)CC3)CCC21. The fraction of sp³-hybridized carbons (Fsp3) is 0.923. The number of likely N-dealkylation sites (tertiary alicyclic amines) is 2. The first-order chi connectivity index (χ1) is 8.10. The number of piperidine rings is 2. The molecule has 2 unspecified atom stereocenters. The first-order valence-corrected chi connectivity index (χ1v) is 6.89. The van der Waals surface area contributed by atoms with Crippen molar-refractivity contribution in [2.75, 3.05) is 26.7 Å². The summed E-state index contributed by atoms with van der Waals surface area (Å²) in [7, 11) is 2.22. The summed E-state index contributed by atoms with van der Waals surface area (Å²) < 4.78 is 0. The highest BCUT2D eigenvalue weighted by Crippen LogP contribution is 2.37. The molecule has 4 nitrogen and oxygen atoms in total. The predicted molar refractivity (Wildman–Crippen MR) is 66.5 cm³/mol. The van der Waals surface area contributed by atoms with Crippen molar-refractivity contribution in [3.8, 4) is 0 Å². The molecule has 0 radical (unpaired) electrons. The second kappa shape index (κ2) is 3.95. The van der Waals surface area contributed by atoms with Crippen molar-refractivity contribution >= 4 is 5.91 Å². The van der Waals surface area contributed by atoms with Gasteiger partial charge in [0.2, 0.25) is 5.91 Å². The molecule has 1 amide bonds. The van der Waals surface area contributed by atoms with E-state index >= 15 is 0 Å². The lowest BCUT2D eigenvalue weighted by atomic mass is 9.84. The van der Waals surface area contributed by atoms with Gasteiger partial charge < -0.3 is 15.5 Å². The summed E-state index contributed by atoms with van der Waals surface area (Å²) in [6.07, 6.45) is 5.44. The van der Waals surface area contributed by atoms with Gasteiger partial charge in [-0.3, -0.25) is 4.79 Å². The van der Waals surface area contributed by atoms with Crippen LogP contribution in [0.4, 0.5) is 0 Å². The van der Waals surface area contributed by atoms with Crippen molar-refractivity contribution in [3.63, 3.8) is 0 Å². The average molecular weight is 237 g/mol. The van der Waals surface area contributed by atoms with Gasteiger partial charge in [0.1, 0.15) is 0 Å². The molecular weight excluding hydrogens is 214 g/mol. The average Bonchev–Trinajstić information content (AvgIpc) is 3.08. The third-order valence-electron chi connectivity index (χ3n) is 4.85. The maximum atomic E-state index is 12.2. The number of amides is 1. The van der Waals surface area contributed by atoms with Crippen LogP contribution in [0.25, 0.3) is 0 Å². The summed E-state index contributed by atoms with van der Waals surface area (Å²) in [4.78, 5) is 16.7. The van der Waals surface area contributed by atoms with E-state index < -0.39 is 5.54 Å². The van der Waals surface area contributed by atoms with Crippen molar-refractivity contribution in [2.24, 2.45) is 11.7 Å². The summed E-state index contributed by atoms with van der Waals surface area (Å²) in [5.41, 5.74) is 5.54. The van der Waals surface area contributed by atoms with Crippen LogP contribution in [-0.2, 0) is 4.79 Å². The molecule has 2 atom stereocenters. The Hall–Kier alpha value is -0.610. The predicted octanol–water partition coefficient (Wildman–Crippen LogP) is 0.420. The largest absolute Gasteiger partial charge is 0.341 e. The molecule has 1 aliphatic carbocycles. The number of rotatable bonds is 1. The van der Waals surface area contributed by atoms with Gasteiger partial charge in [-0.2, -0.15) is 0 Å². The van der Waals surface area contributed by atoms with Gasteiger partial charge in [-0.1, -0.05) is 0 Å². The zero-order chi connectivity index (χ0) is 12.0. The first-order valence-electron chi connectivity index (χ1n) is 6.89. The molecular formula is C13H23N3O. The summed E-state index contributed by atoms with van der Waals surface area (Å²) >= 11 is 0. The topological polar surface area (TPSA) is 49.6 Å². The van der Waals surface area contributed by atoms with Crippen molar-refractivity contribution in [1.82, 2.24) is 9.80 Å². The van der Waals surface area contributed by atoms with Crippen LogP contribution < -0.4 is 5.73 Å². The van der Waals surface area contributed by atoms with Gasteiger partial charge in [0, 0.05) is 19.1 Å². The highest BCUT2D eigenvalue weighted by molar-refractivity contribution is 5.89. The van der Waals surface area contributed by atoms with E-state index in [9.17, 15) is 4.79 Å². The Kier molecular flexibility index (Phi) is 2.67. The van der Waals surface area contributed by atoms with E-state index in [-0.39, 0.29) is 5.91 Å². The van der Waals surface area contributed by atoms with Crippen LogP contribution in [0, 0.1) is 5.92 Å². The van der Waals surface area contributed by atoms with Crippen molar-refractivity contribution in [3.05, 3.63) is 0 Å². The van der Waals surface area contributed by atoms with E-state index in [4.69, 9.17) is 5.73 Å². The Balaban J connectivity index is 1.65. The third kappa shape index (κ3) is 1.97. The number of nitrogens with zero attached hydrogens (tertiary/aromatic N) is 2. The summed E-state index contributed by atoms with van der Waals surface area (Å²) in [5, 5.41) is 0. The molecule has 3 rings (SSSR count). The van der Waals surface area contributed by atoms with Crippen molar-refractivity contribution < 1.29 is 4.79 Å². The Morgan fingerprint density at radius 2 is 2.06 bits per heavy atom. The van der Waals surface area contributed by atoms with E-state index in [1.54, 1.807) is 0 Å². The maximum absolute atomic E-state index is 12.2. The van der Waals surface area contributed by atoms with E-state index in [0.717, 1.165) is 32.4 Å². The van der Waals surface area contributed by atoms with Crippen LogP contribution in [0.5, 0.6) is 0 Å². The minimum absolute atomic E-state index is 0.212. The number of hydrogen-bond donors (Lipinski definition) is 1. The van der Waals surface area contributed by atoms with Gasteiger partial charge in [0.15, 0.2) is 0 Å². The molecule has 0 aromatic heterocycles. The van der Waals surface area contributed by atoms with Gasteiger partial charge in [-0.25, -0.2) is 0 Å². The second-order valence-electron chi connectivity index (χ2n) is 6.15. The summed E-state index contributed by atoms with van der Waals surface area (Å²) in [6, 6.07) is 0.695. The summed E-state index contributed by atoms with van der Waals surface area (Å²) in [5.74, 6) is 0.887. The van der Waals surface area contributed by atoms with Gasteiger partial charge in [-0.05, 0) is 51.6 Å². The van der Waals surface area contributed by atoms with E-state index in [2.05, 4.69) is 11.9 Å². The number of fused-ring (bicyclic) bond motifs is 1. The standard InChI is InChI=1S/C13H23N3O/c1-15-7-2-3-10-9-16(8-4-11(10)15)12(17)13(14)5-6-13/h10-11H,2-9,14H2,1H3. The molecule has 3 aliphatic rings. The van der Waals surface area contributed by atoms with Gasteiger partial charge in [-0.15, -0.1) is 0 Å². The molecule has 0 bridgehead atoms. The van der Waals surface area contributed by atoms with Crippen LogP contribution in [0.3, 0.4) is 0 Å². The number of hydrogen-bond acceptors (Lipinski definition) is 3. The van der Waals surface area contributed by atoms with Crippen molar-refractivity contribution in [2.45, 2.75) is 43.7 Å². The highest BCUT2D eigenvalue weighted by atomic mass is 16.2. The fourth-order valence-electron chi connectivity index (χ4n) is 3.50. The molecule has 0 aromatic carbocycles. The monoisotopic (exact) mass is 237 g/mol. The number of carbonyl (C=O) groups is 1. The Bertz CT molecular complexity index is 327. The van der Waals surface area contributed by atoms with E-state index in [0.29, 0.717) is 12.0 Å². The van der Waals surface area contributed by atoms with Crippen LogP contribution in [-0.4, -0.2) is 54.0 Å². The van der Waals surface area contributed by atoms with Gasteiger partial charge >= 0.3 is 0 Å². The quantitative estimate of drug-likeness (QED) is 0.719. The van der Waals surface area contributed by atoms with Crippen LogP contribution in [0.1, 0.15) is 32.1 Å². The highest BCUT2D eigenvalue weighted by Gasteiger charge is 2.49. The van der Waals surface area contributed by atoms with E-state index in [1.807, 2.05) is 4.90 Å². The van der Waals surface area contributed by atoms with Gasteiger partial charge in [0.25, 0.3) is 0 Å². The normalized spacial score (nSPS) is 36.5. The van der Waals surface area contributed by atoms with E-state index in [1.165, 1.54) is 19.4 Å². The third-order valence-corrected chi connectivity index (χ3v) is 4.85. The maximum Gasteiger partial charge on any atom is 0.242 e. The minimum Gasteiger partial charge on any atom is -0.341 e. The Morgan fingerprint density at radius 3 is 2.76 bits per heavy atom. The van der Waals surface area contributed by atoms with Gasteiger partial charge in [0.05, 0.1) is 5.54 Å². The lowest BCUT2D eigenvalue weighted by Gasteiger charge is -2.46. The molecule has 4 heteroatoms. The second-order valence-corrected chi connectivity index (χ2v) is 6.15. The Labute approximate surface area is 103 Å². The molecule has 17 heavy (non-hydrogen) atoms. The van der Waals surface area contributed by atoms with Crippen LogP contribution in [0.15, 0.2) is 0 Å². The minimum atomic E-state index is -0.479. The molecule has 1 saturated carbocycles. The lowest BCUT2D eigenvalue weighted by molar-refractivity contribution is -0.137. The molecule has 2 heterocycles. The molecule has 2 N–H and O–H groups in total.